The zero-order valence-corrected chi connectivity index (χ0v) is 12.7. The molecule has 3 heterocycles. The van der Waals surface area contributed by atoms with E-state index in [2.05, 4.69) is 15.3 Å². The van der Waals surface area contributed by atoms with Crippen LogP contribution in [0.5, 0.6) is 0 Å². The lowest BCUT2D eigenvalue weighted by atomic mass is 10.2. The number of fused-ring (bicyclic) bond motifs is 1. The van der Waals surface area contributed by atoms with E-state index >= 15 is 0 Å². The second-order valence-electron chi connectivity index (χ2n) is 5.27. The summed E-state index contributed by atoms with van der Waals surface area (Å²) in [6, 6.07) is 14.7. The fraction of sp³-hybridized carbons (Fsp3) is 0.0556. The third-order valence-corrected chi connectivity index (χ3v) is 3.70. The molecule has 1 amide bonds. The first kappa shape index (κ1) is 14.2. The highest BCUT2D eigenvalue weighted by Gasteiger charge is 2.10. The first-order valence-electron chi connectivity index (χ1n) is 7.50. The molecule has 6 heteroatoms. The lowest BCUT2D eigenvalue weighted by molar-refractivity contribution is 0.0948. The third-order valence-electron chi connectivity index (χ3n) is 3.70. The van der Waals surface area contributed by atoms with Crippen LogP contribution >= 0.6 is 0 Å². The first-order chi connectivity index (χ1) is 11.8. The highest BCUT2D eigenvalue weighted by molar-refractivity contribution is 5.94. The van der Waals surface area contributed by atoms with Crippen molar-refractivity contribution in [2.45, 2.75) is 6.54 Å². The quantitative estimate of drug-likeness (QED) is 0.628. The number of nitrogens with zero attached hydrogens (tertiary/aromatic N) is 3. The zero-order valence-electron chi connectivity index (χ0n) is 12.7. The average molecular weight is 318 g/mol. The molecule has 0 spiro atoms. The molecule has 0 atom stereocenters. The van der Waals surface area contributed by atoms with E-state index in [1.807, 2.05) is 41.0 Å². The van der Waals surface area contributed by atoms with Crippen LogP contribution in [0.3, 0.4) is 0 Å². The van der Waals surface area contributed by atoms with Gasteiger partial charge in [0, 0.05) is 17.4 Å². The molecule has 0 saturated heterocycles. The SMILES string of the molecule is O=C(NCc1ccco1)c1cccc(-n2cnc3cccnc32)c1. The molecule has 0 aliphatic rings. The fourth-order valence-electron chi connectivity index (χ4n) is 2.52. The summed E-state index contributed by atoms with van der Waals surface area (Å²) >= 11 is 0. The van der Waals surface area contributed by atoms with Crippen LogP contribution in [0.1, 0.15) is 16.1 Å². The molecule has 4 rings (SSSR count). The summed E-state index contributed by atoms with van der Waals surface area (Å²) < 4.78 is 7.07. The largest absolute Gasteiger partial charge is 0.467 e. The maximum Gasteiger partial charge on any atom is 0.251 e. The van der Waals surface area contributed by atoms with Gasteiger partial charge in [-0.05, 0) is 42.5 Å². The zero-order chi connectivity index (χ0) is 16.4. The summed E-state index contributed by atoms with van der Waals surface area (Å²) in [6.45, 7) is 0.353. The van der Waals surface area contributed by atoms with E-state index in [-0.39, 0.29) is 5.91 Å². The smallest absolute Gasteiger partial charge is 0.251 e. The number of benzene rings is 1. The highest BCUT2D eigenvalue weighted by Crippen LogP contribution is 2.17. The topological polar surface area (TPSA) is 73.0 Å². The number of furan rings is 1. The van der Waals surface area contributed by atoms with E-state index in [9.17, 15) is 4.79 Å². The number of carbonyl (C=O) groups excluding carboxylic acids is 1. The van der Waals surface area contributed by atoms with Crippen molar-refractivity contribution in [2.75, 3.05) is 0 Å². The van der Waals surface area contributed by atoms with Crippen LogP contribution in [0.2, 0.25) is 0 Å². The van der Waals surface area contributed by atoms with Gasteiger partial charge in [-0.15, -0.1) is 0 Å². The predicted octanol–water partition coefficient (Wildman–Crippen LogP) is 2.94. The van der Waals surface area contributed by atoms with E-state index < -0.39 is 0 Å². The Morgan fingerprint density at radius 2 is 2.08 bits per heavy atom. The van der Waals surface area contributed by atoms with Crippen molar-refractivity contribution in [1.29, 1.82) is 0 Å². The Morgan fingerprint density at radius 3 is 2.96 bits per heavy atom. The van der Waals surface area contributed by atoms with Crippen LogP contribution in [0, 0.1) is 0 Å². The van der Waals surface area contributed by atoms with Crippen LogP contribution in [-0.2, 0) is 6.54 Å². The molecule has 0 fully saturated rings. The number of aromatic nitrogens is 3. The van der Waals surface area contributed by atoms with Crippen LogP contribution < -0.4 is 5.32 Å². The number of imidazole rings is 1. The molecule has 118 valence electrons. The second-order valence-corrected chi connectivity index (χ2v) is 5.27. The van der Waals surface area contributed by atoms with Crippen molar-refractivity contribution in [1.82, 2.24) is 19.9 Å². The maximum atomic E-state index is 12.3. The Hall–Kier alpha value is -3.41. The Bertz CT molecular complexity index is 989. The number of carbonyl (C=O) groups is 1. The molecular formula is C18H14N4O2. The minimum Gasteiger partial charge on any atom is -0.467 e. The van der Waals surface area contributed by atoms with E-state index in [0.29, 0.717) is 17.9 Å². The van der Waals surface area contributed by atoms with Gasteiger partial charge in [0.1, 0.15) is 17.6 Å². The van der Waals surface area contributed by atoms with Crippen molar-refractivity contribution in [3.8, 4) is 5.69 Å². The normalized spacial score (nSPS) is 10.8. The summed E-state index contributed by atoms with van der Waals surface area (Å²) in [6.07, 6.45) is 5.01. The molecule has 0 unspecified atom stereocenters. The number of hydrogen-bond acceptors (Lipinski definition) is 4. The minimum atomic E-state index is -0.161. The van der Waals surface area contributed by atoms with Gasteiger partial charge < -0.3 is 9.73 Å². The van der Waals surface area contributed by atoms with Gasteiger partial charge in [-0.3, -0.25) is 9.36 Å². The second kappa shape index (κ2) is 6.00. The van der Waals surface area contributed by atoms with Crippen molar-refractivity contribution in [3.63, 3.8) is 0 Å². The molecule has 0 aliphatic carbocycles. The summed E-state index contributed by atoms with van der Waals surface area (Å²) in [4.78, 5) is 21.0. The molecule has 0 radical (unpaired) electrons. The Balaban J connectivity index is 1.60. The molecule has 4 aromatic rings. The Morgan fingerprint density at radius 1 is 1.12 bits per heavy atom. The van der Waals surface area contributed by atoms with Crippen LogP contribution in [0.25, 0.3) is 16.9 Å². The van der Waals surface area contributed by atoms with E-state index in [1.165, 1.54) is 0 Å². The number of hydrogen-bond donors (Lipinski definition) is 1. The number of amides is 1. The van der Waals surface area contributed by atoms with Crippen molar-refractivity contribution in [2.24, 2.45) is 0 Å². The lowest BCUT2D eigenvalue weighted by Gasteiger charge is -2.07. The lowest BCUT2D eigenvalue weighted by Crippen LogP contribution is -2.22. The van der Waals surface area contributed by atoms with Crippen LogP contribution in [-0.4, -0.2) is 20.4 Å². The van der Waals surface area contributed by atoms with E-state index in [4.69, 9.17) is 4.42 Å². The molecule has 1 aromatic carbocycles. The van der Waals surface area contributed by atoms with Gasteiger partial charge in [0.15, 0.2) is 5.65 Å². The Labute approximate surface area is 137 Å². The van der Waals surface area contributed by atoms with E-state index in [0.717, 1.165) is 16.9 Å². The van der Waals surface area contributed by atoms with Crippen molar-refractivity contribution in [3.05, 3.63) is 78.6 Å². The van der Waals surface area contributed by atoms with Gasteiger partial charge in [-0.25, -0.2) is 9.97 Å². The van der Waals surface area contributed by atoms with Gasteiger partial charge in [0.25, 0.3) is 5.91 Å². The maximum absolute atomic E-state index is 12.3. The van der Waals surface area contributed by atoms with Gasteiger partial charge in [0.2, 0.25) is 0 Å². The van der Waals surface area contributed by atoms with E-state index in [1.54, 1.807) is 30.9 Å². The average Bonchev–Trinajstić information content (AvgIpc) is 3.29. The molecule has 1 N–H and O–H groups in total. The molecular weight excluding hydrogens is 304 g/mol. The predicted molar refractivity (Wildman–Crippen MR) is 88.7 cm³/mol. The first-order valence-corrected chi connectivity index (χ1v) is 7.50. The number of nitrogens with one attached hydrogen (secondary N) is 1. The molecule has 0 bridgehead atoms. The standard InChI is InChI=1S/C18H14N4O2/c23-18(20-11-15-6-3-9-24-15)13-4-1-5-14(10-13)22-12-21-16-7-2-8-19-17(16)22/h1-10,12H,11H2,(H,20,23). The van der Waals surface area contributed by atoms with Gasteiger partial charge in [-0.1, -0.05) is 6.07 Å². The molecule has 6 nitrogen and oxygen atoms in total. The summed E-state index contributed by atoms with van der Waals surface area (Å²) in [5, 5.41) is 2.84. The van der Waals surface area contributed by atoms with Crippen molar-refractivity contribution >= 4 is 17.1 Å². The number of pyridine rings is 1. The summed E-state index contributed by atoms with van der Waals surface area (Å²) in [5.41, 5.74) is 2.97. The van der Waals surface area contributed by atoms with Crippen LogP contribution in [0.4, 0.5) is 0 Å². The third kappa shape index (κ3) is 2.65. The molecule has 24 heavy (non-hydrogen) atoms. The van der Waals surface area contributed by atoms with Crippen LogP contribution in [0.15, 0.2) is 71.7 Å². The van der Waals surface area contributed by atoms with Gasteiger partial charge >= 0.3 is 0 Å². The fourth-order valence-corrected chi connectivity index (χ4v) is 2.52. The minimum absolute atomic E-state index is 0.161. The van der Waals surface area contributed by atoms with Gasteiger partial charge in [0.05, 0.1) is 12.8 Å². The Kier molecular flexibility index (Phi) is 3.55. The summed E-state index contributed by atoms with van der Waals surface area (Å²) in [7, 11) is 0. The van der Waals surface area contributed by atoms with Gasteiger partial charge in [-0.2, -0.15) is 0 Å². The monoisotopic (exact) mass is 318 g/mol. The molecule has 3 aromatic heterocycles. The highest BCUT2D eigenvalue weighted by atomic mass is 16.3. The molecule has 0 saturated carbocycles. The number of rotatable bonds is 4. The van der Waals surface area contributed by atoms with Crippen molar-refractivity contribution < 1.29 is 9.21 Å². The summed E-state index contributed by atoms with van der Waals surface area (Å²) in [5.74, 6) is 0.551. The molecule has 0 aliphatic heterocycles.